The number of fused-ring (bicyclic) bond motifs is 1. The van der Waals surface area contributed by atoms with Crippen LogP contribution >= 0.6 is 0 Å². The maximum Gasteiger partial charge on any atom is 0.224 e. The van der Waals surface area contributed by atoms with Gasteiger partial charge in [0.15, 0.2) is 0 Å². The molecule has 21 heavy (non-hydrogen) atoms. The predicted octanol–water partition coefficient (Wildman–Crippen LogP) is 3.84. The average Bonchev–Trinajstić information content (AvgIpc) is 2.47. The monoisotopic (exact) mass is 282 g/mol. The van der Waals surface area contributed by atoms with Crippen LogP contribution in [0.1, 0.15) is 36.6 Å². The fourth-order valence-corrected chi connectivity index (χ4v) is 2.91. The van der Waals surface area contributed by atoms with Crippen molar-refractivity contribution in [2.45, 2.75) is 39.5 Å². The first-order valence-corrected chi connectivity index (χ1v) is 7.73. The maximum atomic E-state index is 4.53. The minimum Gasteiger partial charge on any atom is -0.354 e. The predicted molar refractivity (Wildman–Crippen MR) is 87.3 cm³/mol. The molecule has 1 aromatic heterocycles. The summed E-state index contributed by atoms with van der Waals surface area (Å²) in [4.78, 5) is 8.92. The van der Waals surface area contributed by atoms with Gasteiger partial charge in [-0.15, -0.1) is 0 Å². The Kier molecular flexibility index (Phi) is 4.04. The second-order valence-electron chi connectivity index (χ2n) is 5.52. The van der Waals surface area contributed by atoms with E-state index in [1.807, 2.05) is 19.9 Å². The Morgan fingerprint density at radius 2 is 2.00 bits per heavy atom. The van der Waals surface area contributed by atoms with Gasteiger partial charge < -0.3 is 10.6 Å². The summed E-state index contributed by atoms with van der Waals surface area (Å²) >= 11 is 0. The van der Waals surface area contributed by atoms with E-state index in [-0.39, 0.29) is 0 Å². The van der Waals surface area contributed by atoms with Crippen molar-refractivity contribution < 1.29 is 0 Å². The number of nitrogens with one attached hydrogen (secondary N) is 2. The molecule has 1 heterocycles. The molecule has 0 fully saturated rings. The van der Waals surface area contributed by atoms with E-state index in [0.717, 1.165) is 24.5 Å². The van der Waals surface area contributed by atoms with Crippen LogP contribution in [0.2, 0.25) is 0 Å². The van der Waals surface area contributed by atoms with Crippen molar-refractivity contribution in [1.29, 1.82) is 0 Å². The van der Waals surface area contributed by atoms with Crippen molar-refractivity contribution in [1.82, 2.24) is 9.97 Å². The molecular weight excluding hydrogens is 260 g/mol. The van der Waals surface area contributed by atoms with E-state index in [0.29, 0.717) is 5.95 Å². The number of anilines is 3. The van der Waals surface area contributed by atoms with Crippen LogP contribution in [0, 0.1) is 6.92 Å². The third kappa shape index (κ3) is 3.15. The molecule has 2 N–H and O–H groups in total. The summed E-state index contributed by atoms with van der Waals surface area (Å²) in [7, 11) is 0. The number of aromatic nitrogens is 2. The van der Waals surface area contributed by atoms with E-state index in [1.165, 1.54) is 36.1 Å². The fourth-order valence-electron chi connectivity index (χ4n) is 2.91. The first-order valence-electron chi connectivity index (χ1n) is 7.73. The van der Waals surface area contributed by atoms with Crippen LogP contribution in [0.5, 0.6) is 0 Å². The van der Waals surface area contributed by atoms with Crippen LogP contribution in [-0.2, 0) is 12.8 Å². The topological polar surface area (TPSA) is 49.8 Å². The maximum absolute atomic E-state index is 4.53. The molecule has 0 bridgehead atoms. The molecule has 0 atom stereocenters. The summed E-state index contributed by atoms with van der Waals surface area (Å²) in [5.74, 6) is 1.54. The van der Waals surface area contributed by atoms with Crippen molar-refractivity contribution in [2.24, 2.45) is 0 Å². The van der Waals surface area contributed by atoms with Crippen molar-refractivity contribution in [2.75, 3.05) is 17.2 Å². The molecule has 0 amide bonds. The summed E-state index contributed by atoms with van der Waals surface area (Å²) in [5.41, 5.74) is 5.08. The number of aryl methyl sites for hydroxylation is 2. The highest BCUT2D eigenvalue weighted by Crippen LogP contribution is 2.29. The highest BCUT2D eigenvalue weighted by molar-refractivity contribution is 5.63. The highest BCUT2D eigenvalue weighted by Gasteiger charge is 2.13. The van der Waals surface area contributed by atoms with E-state index in [1.54, 1.807) is 0 Å². The van der Waals surface area contributed by atoms with Crippen molar-refractivity contribution in [3.8, 4) is 0 Å². The van der Waals surface area contributed by atoms with E-state index in [2.05, 4.69) is 38.8 Å². The van der Waals surface area contributed by atoms with Gasteiger partial charge in [0.2, 0.25) is 5.95 Å². The lowest BCUT2D eigenvalue weighted by atomic mass is 9.90. The zero-order valence-corrected chi connectivity index (χ0v) is 12.7. The molecule has 110 valence electrons. The Labute approximate surface area is 126 Å². The van der Waals surface area contributed by atoms with E-state index in [4.69, 9.17) is 0 Å². The van der Waals surface area contributed by atoms with Crippen molar-refractivity contribution in [3.05, 3.63) is 41.1 Å². The van der Waals surface area contributed by atoms with Gasteiger partial charge in [-0.3, -0.25) is 0 Å². The van der Waals surface area contributed by atoms with E-state index >= 15 is 0 Å². The summed E-state index contributed by atoms with van der Waals surface area (Å²) in [6.45, 7) is 4.87. The van der Waals surface area contributed by atoms with Gasteiger partial charge >= 0.3 is 0 Å². The smallest absolute Gasteiger partial charge is 0.224 e. The number of rotatable bonds is 4. The Balaban J connectivity index is 1.90. The molecule has 1 aromatic carbocycles. The lowest BCUT2D eigenvalue weighted by Crippen LogP contribution is -2.08. The quantitative estimate of drug-likeness (QED) is 0.894. The Morgan fingerprint density at radius 1 is 1.14 bits per heavy atom. The zero-order valence-electron chi connectivity index (χ0n) is 12.7. The second-order valence-corrected chi connectivity index (χ2v) is 5.52. The Bertz CT molecular complexity index is 637. The average molecular weight is 282 g/mol. The molecule has 4 heteroatoms. The first-order chi connectivity index (χ1) is 10.3. The molecule has 0 saturated heterocycles. The number of nitrogens with zero attached hydrogens (tertiary/aromatic N) is 2. The van der Waals surface area contributed by atoms with Gasteiger partial charge in [0, 0.05) is 24.0 Å². The Hall–Kier alpha value is -2.10. The molecule has 0 radical (unpaired) electrons. The standard InChI is InChI=1S/C17H22N4/c1-3-18-17-19-12(2)11-16(21-17)20-15-10-6-8-13-7-4-5-9-14(13)15/h6,8,10-11H,3-5,7,9H2,1-2H3,(H2,18,19,20,21). The molecule has 0 spiro atoms. The molecule has 2 aromatic rings. The normalized spacial score (nSPS) is 13.6. The molecule has 3 rings (SSSR count). The third-order valence-electron chi connectivity index (χ3n) is 3.85. The highest BCUT2D eigenvalue weighted by atomic mass is 15.1. The summed E-state index contributed by atoms with van der Waals surface area (Å²) < 4.78 is 0. The molecule has 0 saturated carbocycles. The second kappa shape index (κ2) is 6.12. The molecule has 1 aliphatic rings. The number of benzene rings is 1. The number of hydrogen-bond donors (Lipinski definition) is 2. The van der Waals surface area contributed by atoms with Gasteiger partial charge in [-0.05, 0) is 56.7 Å². The van der Waals surface area contributed by atoms with E-state index < -0.39 is 0 Å². The van der Waals surface area contributed by atoms with Crippen LogP contribution < -0.4 is 10.6 Å². The van der Waals surface area contributed by atoms with Crippen LogP contribution in [0.25, 0.3) is 0 Å². The van der Waals surface area contributed by atoms with Crippen molar-refractivity contribution in [3.63, 3.8) is 0 Å². The van der Waals surface area contributed by atoms with Gasteiger partial charge in [-0.25, -0.2) is 4.98 Å². The summed E-state index contributed by atoms with van der Waals surface area (Å²) in [5, 5.41) is 6.66. The largest absolute Gasteiger partial charge is 0.354 e. The van der Waals surface area contributed by atoms with Crippen LogP contribution in [0.3, 0.4) is 0 Å². The van der Waals surface area contributed by atoms with Crippen LogP contribution in [0.4, 0.5) is 17.5 Å². The number of hydrogen-bond acceptors (Lipinski definition) is 4. The molecule has 0 unspecified atom stereocenters. The molecule has 0 aliphatic heterocycles. The zero-order chi connectivity index (χ0) is 14.7. The van der Waals surface area contributed by atoms with Crippen LogP contribution in [-0.4, -0.2) is 16.5 Å². The fraction of sp³-hybridized carbons (Fsp3) is 0.412. The minimum absolute atomic E-state index is 0.685. The first kappa shape index (κ1) is 13.9. The molecule has 1 aliphatic carbocycles. The van der Waals surface area contributed by atoms with Gasteiger partial charge in [0.1, 0.15) is 5.82 Å². The van der Waals surface area contributed by atoms with Crippen molar-refractivity contribution >= 4 is 17.5 Å². The summed E-state index contributed by atoms with van der Waals surface area (Å²) in [6.07, 6.45) is 4.92. The Morgan fingerprint density at radius 3 is 2.86 bits per heavy atom. The van der Waals surface area contributed by atoms with Gasteiger partial charge in [-0.2, -0.15) is 4.98 Å². The molecule has 4 nitrogen and oxygen atoms in total. The lowest BCUT2D eigenvalue weighted by molar-refractivity contribution is 0.687. The minimum atomic E-state index is 0.685. The van der Waals surface area contributed by atoms with Gasteiger partial charge in [0.05, 0.1) is 0 Å². The van der Waals surface area contributed by atoms with Crippen LogP contribution in [0.15, 0.2) is 24.3 Å². The summed E-state index contributed by atoms with van der Waals surface area (Å²) in [6, 6.07) is 8.51. The van der Waals surface area contributed by atoms with Gasteiger partial charge in [0.25, 0.3) is 0 Å². The third-order valence-corrected chi connectivity index (χ3v) is 3.85. The van der Waals surface area contributed by atoms with E-state index in [9.17, 15) is 0 Å². The lowest BCUT2D eigenvalue weighted by Gasteiger charge is -2.20. The SMILES string of the molecule is CCNc1nc(C)cc(Nc2cccc3c2CCCC3)n1. The van der Waals surface area contributed by atoms with Gasteiger partial charge in [-0.1, -0.05) is 12.1 Å². The molecular formula is C17H22N4.